The lowest BCUT2D eigenvalue weighted by atomic mass is 10.1. The summed E-state index contributed by atoms with van der Waals surface area (Å²) in [6.45, 7) is 16.1. The van der Waals surface area contributed by atoms with E-state index in [1.54, 1.807) is 0 Å². The van der Waals surface area contributed by atoms with Gasteiger partial charge in [0.25, 0.3) is 0 Å². The summed E-state index contributed by atoms with van der Waals surface area (Å²) in [6, 6.07) is 0. The van der Waals surface area contributed by atoms with E-state index in [1.807, 2.05) is 20.8 Å². The molecule has 0 aliphatic carbocycles. The summed E-state index contributed by atoms with van der Waals surface area (Å²) in [6.07, 6.45) is 20.0. The molecule has 0 bridgehead atoms. The highest BCUT2D eigenvalue weighted by Gasteiger charge is 2.15. The van der Waals surface area contributed by atoms with Crippen LogP contribution in [0.5, 0.6) is 0 Å². The number of likely N-dealkylation sites (tertiary alicyclic amines) is 1. The fraction of sp³-hybridized carbons (Fsp3) is 0.708. The van der Waals surface area contributed by atoms with Crippen LogP contribution in [0.15, 0.2) is 23.3 Å². The van der Waals surface area contributed by atoms with E-state index in [1.165, 1.54) is 63.4 Å². The first-order valence-electron chi connectivity index (χ1n) is 10.6. The van der Waals surface area contributed by atoms with Crippen LogP contribution in [0, 0.1) is 12.8 Å². The summed E-state index contributed by atoms with van der Waals surface area (Å²) in [5.74, 6) is -0.131. The van der Waals surface area contributed by atoms with Crippen LogP contribution in [0.25, 0.3) is 0 Å². The molecule has 3 nitrogen and oxygen atoms in total. The molecular formula is C24H45NO2. The van der Waals surface area contributed by atoms with Crippen molar-refractivity contribution in [2.24, 2.45) is 0 Å². The Labute approximate surface area is 170 Å². The van der Waals surface area contributed by atoms with Crippen molar-refractivity contribution in [3.05, 3.63) is 23.3 Å². The van der Waals surface area contributed by atoms with Crippen molar-refractivity contribution in [2.75, 3.05) is 26.7 Å². The summed E-state index contributed by atoms with van der Waals surface area (Å²) < 4.78 is 4.68. The average Bonchev–Trinajstić information content (AvgIpc) is 3.19. The zero-order chi connectivity index (χ0) is 21.5. The van der Waals surface area contributed by atoms with Crippen LogP contribution < -0.4 is 0 Å². The molecular weight excluding hydrogens is 334 g/mol. The second kappa shape index (κ2) is 24.5. The Morgan fingerprint density at radius 3 is 2.15 bits per heavy atom. The van der Waals surface area contributed by atoms with Crippen molar-refractivity contribution in [2.45, 2.75) is 86.5 Å². The first kappa shape index (κ1) is 30.2. The molecule has 0 aromatic rings. The molecule has 1 aliphatic rings. The molecule has 158 valence electrons. The number of terminal acetylenes is 1. The van der Waals surface area contributed by atoms with E-state index in [0.717, 1.165) is 13.0 Å². The number of unbranched alkanes of at least 4 members (excludes halogenated alkanes) is 2. The average molecular weight is 380 g/mol. The first-order chi connectivity index (χ1) is 13.1. The minimum Gasteiger partial charge on any atom is -0.469 e. The molecule has 1 aliphatic heterocycles. The zero-order valence-electron chi connectivity index (χ0n) is 19.1. The Kier molecular flexibility index (Phi) is 27.4. The second-order valence-electron chi connectivity index (χ2n) is 6.12. The lowest BCUT2D eigenvalue weighted by Crippen LogP contribution is -2.20. The monoisotopic (exact) mass is 379 g/mol. The van der Waals surface area contributed by atoms with E-state index in [0.29, 0.717) is 6.42 Å². The van der Waals surface area contributed by atoms with Crippen molar-refractivity contribution in [3.8, 4) is 12.8 Å². The van der Waals surface area contributed by atoms with E-state index in [2.05, 4.69) is 55.4 Å². The number of rotatable bonds is 8. The molecule has 3 heteroatoms. The number of hydrogen-bond acceptors (Lipinski definition) is 3. The number of hydrogen-bond donors (Lipinski definition) is 0. The topological polar surface area (TPSA) is 29.5 Å². The normalized spacial score (nSPS) is 14.9. The minimum absolute atomic E-state index is 0.131. The summed E-state index contributed by atoms with van der Waals surface area (Å²) >= 11 is 0. The van der Waals surface area contributed by atoms with Gasteiger partial charge in [0.2, 0.25) is 0 Å². The Balaban J connectivity index is -0.000000621. The maximum absolute atomic E-state index is 11.2. The van der Waals surface area contributed by atoms with Gasteiger partial charge in [0.05, 0.1) is 7.11 Å². The minimum atomic E-state index is -0.131. The van der Waals surface area contributed by atoms with E-state index in [-0.39, 0.29) is 5.97 Å². The predicted molar refractivity (Wildman–Crippen MR) is 121 cm³/mol. The quantitative estimate of drug-likeness (QED) is 0.361. The SMILES string of the molecule is C#C.C/C=C(\C=C1\CCN(CCCC)C1)CCC(=O)OC.CC.CCCC. The van der Waals surface area contributed by atoms with Gasteiger partial charge in [0.1, 0.15) is 0 Å². The van der Waals surface area contributed by atoms with Gasteiger partial charge < -0.3 is 4.74 Å². The van der Waals surface area contributed by atoms with Crippen LogP contribution in [0.4, 0.5) is 0 Å². The van der Waals surface area contributed by atoms with Gasteiger partial charge in [-0.1, -0.05) is 77.2 Å². The van der Waals surface area contributed by atoms with E-state index in [9.17, 15) is 4.79 Å². The smallest absolute Gasteiger partial charge is 0.305 e. The van der Waals surface area contributed by atoms with Gasteiger partial charge in [-0.15, -0.1) is 12.8 Å². The number of carbonyl (C=O) groups excluding carboxylic acids is 1. The first-order valence-corrected chi connectivity index (χ1v) is 10.6. The van der Waals surface area contributed by atoms with Gasteiger partial charge in [-0.3, -0.25) is 9.69 Å². The molecule has 0 aromatic heterocycles. The Bertz CT molecular complexity index is 406. The van der Waals surface area contributed by atoms with Crippen molar-refractivity contribution < 1.29 is 9.53 Å². The summed E-state index contributed by atoms with van der Waals surface area (Å²) in [4.78, 5) is 13.7. The van der Waals surface area contributed by atoms with Crippen LogP contribution >= 0.6 is 0 Å². The van der Waals surface area contributed by atoms with Crippen molar-refractivity contribution >= 4 is 5.97 Å². The van der Waals surface area contributed by atoms with E-state index < -0.39 is 0 Å². The molecule has 27 heavy (non-hydrogen) atoms. The third-order valence-corrected chi connectivity index (χ3v) is 4.11. The molecule has 0 atom stereocenters. The Hall–Kier alpha value is -1.53. The molecule has 1 rings (SSSR count). The third kappa shape index (κ3) is 19.0. The van der Waals surface area contributed by atoms with E-state index in [4.69, 9.17) is 0 Å². The molecule has 0 spiro atoms. The number of carbonyl (C=O) groups is 1. The zero-order valence-corrected chi connectivity index (χ0v) is 19.1. The number of methoxy groups -OCH3 is 1. The largest absolute Gasteiger partial charge is 0.469 e. The molecule has 1 saturated heterocycles. The molecule has 0 radical (unpaired) electrons. The second-order valence-corrected chi connectivity index (χ2v) is 6.12. The van der Waals surface area contributed by atoms with Gasteiger partial charge in [0, 0.05) is 19.5 Å². The van der Waals surface area contributed by atoms with Gasteiger partial charge in [-0.25, -0.2) is 0 Å². The number of esters is 1. The van der Waals surface area contributed by atoms with Gasteiger partial charge in [-0.05, 0) is 32.7 Å². The highest BCUT2D eigenvalue weighted by atomic mass is 16.5. The van der Waals surface area contributed by atoms with Crippen molar-refractivity contribution in [1.82, 2.24) is 4.90 Å². The highest BCUT2D eigenvalue weighted by Crippen LogP contribution is 2.19. The lowest BCUT2D eigenvalue weighted by molar-refractivity contribution is -0.140. The molecule has 0 N–H and O–H groups in total. The molecule has 0 aromatic carbocycles. The van der Waals surface area contributed by atoms with Crippen LogP contribution in [0.3, 0.4) is 0 Å². The molecule has 0 saturated carbocycles. The van der Waals surface area contributed by atoms with Crippen molar-refractivity contribution in [3.63, 3.8) is 0 Å². The van der Waals surface area contributed by atoms with Crippen LogP contribution in [-0.4, -0.2) is 37.6 Å². The van der Waals surface area contributed by atoms with Gasteiger partial charge in [-0.2, -0.15) is 0 Å². The number of ether oxygens (including phenoxy) is 1. The van der Waals surface area contributed by atoms with Crippen molar-refractivity contribution in [1.29, 1.82) is 0 Å². The third-order valence-electron chi connectivity index (χ3n) is 4.11. The lowest BCUT2D eigenvalue weighted by Gasteiger charge is -2.12. The summed E-state index contributed by atoms with van der Waals surface area (Å²) in [5, 5.41) is 0. The fourth-order valence-corrected chi connectivity index (χ4v) is 2.35. The maximum atomic E-state index is 11.2. The van der Waals surface area contributed by atoms with Crippen LogP contribution in [-0.2, 0) is 9.53 Å². The predicted octanol–water partition coefficient (Wildman–Crippen LogP) is 6.40. The summed E-state index contributed by atoms with van der Waals surface area (Å²) in [5.41, 5.74) is 2.74. The molecule has 0 amide bonds. The fourth-order valence-electron chi connectivity index (χ4n) is 2.35. The number of nitrogens with zero attached hydrogens (tertiary/aromatic N) is 1. The highest BCUT2D eigenvalue weighted by molar-refractivity contribution is 5.69. The Morgan fingerprint density at radius 2 is 1.70 bits per heavy atom. The number of allylic oxidation sites excluding steroid dienone is 3. The van der Waals surface area contributed by atoms with E-state index >= 15 is 0 Å². The maximum Gasteiger partial charge on any atom is 0.305 e. The standard InChI is InChI=1S/C16H27NO2.C4H10.C2H6.C2H2/c1-4-6-10-17-11-9-15(13-17)12-14(5-2)7-8-16(18)19-3;1-3-4-2;2*1-2/h5,12H,4,6-11,13H2,1-3H3;3-4H2,1-2H3;1-2H3;1-2H/b14-5-,15-12-;;;. The molecule has 0 unspecified atom stereocenters. The van der Waals surface area contributed by atoms with Gasteiger partial charge in [0.15, 0.2) is 0 Å². The molecule has 1 heterocycles. The van der Waals surface area contributed by atoms with Crippen LogP contribution in [0.2, 0.25) is 0 Å². The Morgan fingerprint density at radius 1 is 1.11 bits per heavy atom. The summed E-state index contributed by atoms with van der Waals surface area (Å²) in [7, 11) is 1.44. The van der Waals surface area contributed by atoms with Crippen LogP contribution in [0.1, 0.15) is 86.5 Å². The molecule has 1 fully saturated rings. The van der Waals surface area contributed by atoms with Gasteiger partial charge >= 0.3 is 5.97 Å².